The minimum absolute atomic E-state index is 0.0190. The smallest absolute Gasteiger partial charge is 0.245 e. The van der Waals surface area contributed by atoms with E-state index in [0.717, 1.165) is 21.9 Å². The van der Waals surface area contributed by atoms with Crippen LogP contribution in [-0.2, 0) is 21.3 Å². The van der Waals surface area contributed by atoms with Gasteiger partial charge in [0.25, 0.3) is 0 Å². The van der Waals surface area contributed by atoms with Crippen molar-refractivity contribution in [1.29, 1.82) is 0 Å². The van der Waals surface area contributed by atoms with E-state index in [4.69, 9.17) is 4.52 Å². The summed E-state index contributed by atoms with van der Waals surface area (Å²) in [5.74, 6) is 0. The fourth-order valence-corrected chi connectivity index (χ4v) is 3.50. The van der Waals surface area contributed by atoms with Crippen LogP contribution >= 0.6 is 20.2 Å². The molecule has 6 heteroatoms. The predicted molar refractivity (Wildman–Crippen MR) is 98.9 cm³/mol. The summed E-state index contributed by atoms with van der Waals surface area (Å²) in [6.45, 7) is 3.93. The van der Waals surface area contributed by atoms with E-state index in [0.29, 0.717) is 0 Å². The highest BCUT2D eigenvalue weighted by Gasteiger charge is 2.27. The fraction of sp³-hybridized carbons (Fsp3) is 0.294. The highest BCUT2D eigenvalue weighted by atomic mass is 32.1. The van der Waals surface area contributed by atoms with Crippen molar-refractivity contribution in [3.8, 4) is 0 Å². The van der Waals surface area contributed by atoms with Crippen LogP contribution in [0.5, 0.6) is 0 Å². The molecule has 2 aromatic rings. The molecule has 0 amide bonds. The Balaban J connectivity index is 2.59. The fourth-order valence-electron chi connectivity index (χ4n) is 2.77. The molecule has 2 rings (SSSR count). The van der Waals surface area contributed by atoms with Crippen LogP contribution in [0.2, 0.25) is 0 Å². The maximum absolute atomic E-state index is 11.5. The van der Waals surface area contributed by atoms with E-state index in [1.54, 1.807) is 0 Å². The molecule has 4 nitrogen and oxygen atoms in total. The summed E-state index contributed by atoms with van der Waals surface area (Å²) < 4.78 is 5.17. The molecular formula is C17H21O4PS. The molecule has 0 fully saturated rings. The van der Waals surface area contributed by atoms with Crippen LogP contribution in [0.1, 0.15) is 31.4 Å². The van der Waals surface area contributed by atoms with Gasteiger partial charge in [-0.05, 0) is 33.6 Å². The number of fused-ring (bicyclic) bond motifs is 1. The van der Waals surface area contributed by atoms with Crippen molar-refractivity contribution in [3.63, 3.8) is 0 Å². The lowest BCUT2D eigenvalue weighted by molar-refractivity contribution is -0.111. The zero-order chi connectivity index (χ0) is 17.3. The molecule has 23 heavy (non-hydrogen) atoms. The number of thiol groups is 1. The second kappa shape index (κ2) is 6.80. The van der Waals surface area contributed by atoms with E-state index in [1.165, 1.54) is 0 Å². The van der Waals surface area contributed by atoms with E-state index in [2.05, 4.69) is 18.9 Å². The molecule has 0 heterocycles. The zero-order valence-electron chi connectivity index (χ0n) is 13.2. The molecule has 0 bridgehead atoms. The molecule has 0 spiro atoms. The number of rotatable bonds is 6. The number of carbonyl (C=O) groups excluding carboxylic acids is 1. The van der Waals surface area contributed by atoms with E-state index in [1.807, 2.05) is 50.2 Å². The van der Waals surface area contributed by atoms with E-state index in [9.17, 15) is 14.6 Å². The minimum Gasteiger partial charge on any atom is -0.333 e. The molecule has 124 valence electrons. The Morgan fingerprint density at radius 3 is 2.52 bits per heavy atom. The first-order valence-electron chi connectivity index (χ1n) is 7.16. The first-order chi connectivity index (χ1) is 10.6. The van der Waals surface area contributed by atoms with Crippen molar-refractivity contribution in [2.45, 2.75) is 32.3 Å². The molecule has 2 N–H and O–H groups in total. The van der Waals surface area contributed by atoms with Crippen LogP contribution in [0.3, 0.4) is 0 Å². The van der Waals surface area contributed by atoms with Gasteiger partial charge in [0.1, 0.15) is 0 Å². The average molecular weight is 352 g/mol. The Kier molecular flexibility index (Phi) is 5.39. The molecule has 0 saturated carbocycles. The molecule has 0 aliphatic carbocycles. The number of hydrogen-bond donors (Lipinski definition) is 3. The quantitative estimate of drug-likeness (QED) is 0.548. The van der Waals surface area contributed by atoms with Gasteiger partial charge in [0.05, 0.1) is 6.61 Å². The summed E-state index contributed by atoms with van der Waals surface area (Å²) in [5, 5.41) is 1.78. The molecule has 2 aromatic carbocycles. The molecule has 0 aliphatic heterocycles. The standard InChI is InChI=1S/C17H21O4PS/c1-17(2,10-16(18)23)15-9-8-12-6-4-5-7-13(12)14(15)11-21-22(3,19)20/h4-9,19-20H,3,10-11H2,1-2H3,(H,18,23). The van der Waals surface area contributed by atoms with Gasteiger partial charge in [-0.15, -0.1) is 12.6 Å². The summed E-state index contributed by atoms with van der Waals surface area (Å²) in [5.41, 5.74) is 1.31. The topological polar surface area (TPSA) is 66.8 Å². The lowest BCUT2D eigenvalue weighted by atomic mass is 9.78. The molecule has 0 aliphatic rings. The van der Waals surface area contributed by atoms with Crippen LogP contribution in [0.15, 0.2) is 36.4 Å². The molecule has 0 saturated heterocycles. The summed E-state index contributed by atoms with van der Waals surface area (Å²) >= 11 is 3.89. The van der Waals surface area contributed by atoms with Crippen molar-refractivity contribution in [2.24, 2.45) is 0 Å². The third kappa shape index (κ3) is 4.69. The van der Waals surface area contributed by atoms with Gasteiger partial charge in [-0.25, -0.2) is 0 Å². The van der Waals surface area contributed by atoms with Gasteiger partial charge in [-0.3, -0.25) is 4.79 Å². The van der Waals surface area contributed by atoms with E-state index < -0.39 is 13.0 Å². The van der Waals surface area contributed by atoms with Crippen LogP contribution in [0.25, 0.3) is 10.8 Å². The highest BCUT2D eigenvalue weighted by molar-refractivity contribution is 7.96. The van der Waals surface area contributed by atoms with Gasteiger partial charge >= 0.3 is 0 Å². The Bertz CT molecular complexity index is 779. The third-order valence-corrected chi connectivity index (χ3v) is 4.48. The summed E-state index contributed by atoms with van der Waals surface area (Å²) in [6, 6.07) is 11.7. The second-order valence-electron chi connectivity index (χ2n) is 6.21. The van der Waals surface area contributed by atoms with Crippen molar-refractivity contribution >= 4 is 42.4 Å². The van der Waals surface area contributed by atoms with Crippen LogP contribution in [0.4, 0.5) is 0 Å². The van der Waals surface area contributed by atoms with Crippen molar-refractivity contribution < 1.29 is 19.1 Å². The van der Waals surface area contributed by atoms with Crippen LogP contribution in [-0.4, -0.2) is 21.2 Å². The van der Waals surface area contributed by atoms with Gasteiger partial charge in [-0.2, -0.15) is 0 Å². The molecule has 0 radical (unpaired) electrons. The van der Waals surface area contributed by atoms with Crippen molar-refractivity contribution in [1.82, 2.24) is 0 Å². The lowest BCUT2D eigenvalue weighted by Gasteiger charge is -2.28. The Morgan fingerprint density at radius 2 is 1.91 bits per heavy atom. The molecular weight excluding hydrogens is 331 g/mol. The Morgan fingerprint density at radius 1 is 1.26 bits per heavy atom. The molecule has 0 atom stereocenters. The van der Waals surface area contributed by atoms with Crippen molar-refractivity contribution in [2.75, 3.05) is 0 Å². The maximum atomic E-state index is 11.5. The summed E-state index contributed by atoms with van der Waals surface area (Å²) in [7, 11) is -3.59. The molecule has 0 aromatic heterocycles. The van der Waals surface area contributed by atoms with Gasteiger partial charge in [0, 0.05) is 6.42 Å². The van der Waals surface area contributed by atoms with Crippen LogP contribution in [0, 0.1) is 0 Å². The monoisotopic (exact) mass is 352 g/mol. The number of carbonyl (C=O) groups is 1. The predicted octanol–water partition coefficient (Wildman–Crippen LogP) is 3.66. The second-order valence-corrected chi connectivity index (χ2v) is 8.29. The van der Waals surface area contributed by atoms with Gasteiger partial charge in [-0.1, -0.05) is 50.2 Å². The lowest BCUT2D eigenvalue weighted by Crippen LogP contribution is -2.22. The SMILES string of the molecule is C=P(O)(O)OCc1c(C(C)(C)CC(=O)S)ccc2ccccc12. The molecule has 0 unspecified atom stereocenters. The normalized spacial score (nSPS) is 12.6. The van der Waals surface area contributed by atoms with E-state index >= 15 is 0 Å². The summed E-state index contributed by atoms with van der Waals surface area (Å²) in [4.78, 5) is 30.4. The van der Waals surface area contributed by atoms with Crippen LogP contribution < -0.4 is 0 Å². The Labute approximate surface area is 141 Å². The largest absolute Gasteiger partial charge is 0.333 e. The zero-order valence-corrected chi connectivity index (χ0v) is 15.0. The number of hydrogen-bond acceptors (Lipinski definition) is 4. The van der Waals surface area contributed by atoms with Gasteiger partial charge in [0.15, 0.2) is 5.12 Å². The van der Waals surface area contributed by atoms with Crippen molar-refractivity contribution in [3.05, 3.63) is 47.5 Å². The highest BCUT2D eigenvalue weighted by Crippen LogP contribution is 2.40. The van der Waals surface area contributed by atoms with Gasteiger partial charge in [0.2, 0.25) is 7.57 Å². The first-order valence-corrected chi connectivity index (χ1v) is 9.41. The van der Waals surface area contributed by atoms with E-state index in [-0.39, 0.29) is 18.1 Å². The summed E-state index contributed by atoms with van der Waals surface area (Å²) in [6.07, 6.45) is 3.51. The number of benzene rings is 2. The third-order valence-electron chi connectivity index (χ3n) is 3.78. The Hall–Kier alpha value is -1.10. The average Bonchev–Trinajstić information content (AvgIpc) is 2.42. The first kappa shape index (κ1) is 18.2. The minimum atomic E-state index is -3.59. The maximum Gasteiger partial charge on any atom is 0.245 e. The van der Waals surface area contributed by atoms with Gasteiger partial charge < -0.3 is 14.3 Å².